The highest BCUT2D eigenvalue weighted by Gasteiger charge is 2.13. The number of nitrogens with one attached hydrogen (secondary N) is 1. The number of aromatic nitrogens is 2. The van der Waals surface area contributed by atoms with Crippen molar-refractivity contribution in [2.45, 2.75) is 19.8 Å². The second-order valence-corrected chi connectivity index (χ2v) is 4.42. The molecule has 2 rings (SSSR count). The molecule has 1 heterocycles. The molecule has 0 aliphatic heterocycles. The van der Waals surface area contributed by atoms with Crippen molar-refractivity contribution in [2.75, 3.05) is 5.73 Å². The third-order valence-corrected chi connectivity index (χ3v) is 2.70. The van der Waals surface area contributed by atoms with Gasteiger partial charge in [-0.25, -0.2) is 4.98 Å². The van der Waals surface area contributed by atoms with E-state index < -0.39 is 0 Å². The minimum absolute atomic E-state index is 0.0233. The van der Waals surface area contributed by atoms with Crippen LogP contribution in [0, 0.1) is 0 Å². The lowest BCUT2D eigenvalue weighted by molar-refractivity contribution is 0.475. The van der Waals surface area contributed by atoms with Gasteiger partial charge in [-0.2, -0.15) is 0 Å². The second kappa shape index (κ2) is 4.52. The van der Waals surface area contributed by atoms with Gasteiger partial charge in [-0.05, 0) is 30.2 Å². The normalized spacial score (nSPS) is 10.8. The van der Waals surface area contributed by atoms with E-state index in [0.29, 0.717) is 17.0 Å². The van der Waals surface area contributed by atoms with Gasteiger partial charge in [-0.3, -0.25) is 4.79 Å². The fourth-order valence-electron chi connectivity index (χ4n) is 1.81. The van der Waals surface area contributed by atoms with Gasteiger partial charge in [0, 0.05) is 5.56 Å². The van der Waals surface area contributed by atoms with E-state index in [9.17, 15) is 9.90 Å². The zero-order valence-corrected chi connectivity index (χ0v) is 10.3. The molecule has 1 aromatic heterocycles. The van der Waals surface area contributed by atoms with E-state index in [4.69, 9.17) is 5.73 Å². The minimum Gasteiger partial charge on any atom is -0.508 e. The Hall–Kier alpha value is -2.30. The predicted octanol–water partition coefficient (Wildman–Crippen LogP) is 1.85. The van der Waals surface area contributed by atoms with Gasteiger partial charge in [0.15, 0.2) is 0 Å². The van der Waals surface area contributed by atoms with E-state index >= 15 is 0 Å². The van der Waals surface area contributed by atoms with Crippen LogP contribution < -0.4 is 11.3 Å². The highest BCUT2D eigenvalue weighted by Crippen LogP contribution is 2.21. The summed E-state index contributed by atoms with van der Waals surface area (Å²) in [6.07, 6.45) is 0. The number of anilines is 1. The zero-order chi connectivity index (χ0) is 13.3. The Balaban J connectivity index is 2.55. The van der Waals surface area contributed by atoms with Crippen molar-refractivity contribution in [3.63, 3.8) is 0 Å². The third kappa shape index (κ3) is 2.20. The number of phenols is 1. The maximum Gasteiger partial charge on any atom is 0.256 e. The Bertz CT molecular complexity index is 615. The first kappa shape index (κ1) is 12.2. The molecule has 0 spiro atoms. The number of hydrogen-bond donors (Lipinski definition) is 3. The molecule has 4 N–H and O–H groups in total. The summed E-state index contributed by atoms with van der Waals surface area (Å²) in [5.41, 5.74) is 6.79. The number of H-pyrrole nitrogens is 1. The SMILES string of the molecule is CC(C)c1c(N)nc(-c2ccc(O)cc2)[nH]c1=O. The van der Waals surface area contributed by atoms with Crippen LogP contribution in [0.25, 0.3) is 11.4 Å². The van der Waals surface area contributed by atoms with Crippen LogP contribution >= 0.6 is 0 Å². The van der Waals surface area contributed by atoms with Crippen LogP contribution in [0.2, 0.25) is 0 Å². The molecule has 5 nitrogen and oxygen atoms in total. The number of aromatic hydroxyl groups is 1. The van der Waals surface area contributed by atoms with E-state index in [0.717, 1.165) is 0 Å². The van der Waals surface area contributed by atoms with Gasteiger partial charge < -0.3 is 15.8 Å². The monoisotopic (exact) mass is 245 g/mol. The van der Waals surface area contributed by atoms with Crippen molar-refractivity contribution >= 4 is 5.82 Å². The molecule has 0 saturated heterocycles. The number of aromatic amines is 1. The standard InChI is InChI=1S/C13H15N3O2/c1-7(2)10-11(14)15-12(16-13(10)18)8-3-5-9(17)6-4-8/h3-7,17H,1-2H3,(H3,14,15,16,18). The first-order valence-electron chi connectivity index (χ1n) is 5.68. The molecule has 0 radical (unpaired) electrons. The molecule has 94 valence electrons. The average molecular weight is 245 g/mol. The number of nitrogens with zero attached hydrogens (tertiary/aromatic N) is 1. The van der Waals surface area contributed by atoms with Crippen LogP contribution in [0.1, 0.15) is 25.3 Å². The first-order valence-corrected chi connectivity index (χ1v) is 5.68. The summed E-state index contributed by atoms with van der Waals surface area (Å²) in [4.78, 5) is 18.8. The molecular weight excluding hydrogens is 230 g/mol. The average Bonchev–Trinajstić information content (AvgIpc) is 2.28. The number of nitrogens with two attached hydrogens (primary N) is 1. The molecular formula is C13H15N3O2. The van der Waals surface area contributed by atoms with Gasteiger partial charge >= 0.3 is 0 Å². The summed E-state index contributed by atoms with van der Waals surface area (Å²) in [5, 5.41) is 9.21. The molecule has 1 aromatic carbocycles. The Kier molecular flexibility index (Phi) is 3.06. The molecule has 18 heavy (non-hydrogen) atoms. The fraction of sp³-hybridized carbons (Fsp3) is 0.231. The van der Waals surface area contributed by atoms with Crippen molar-refractivity contribution in [1.29, 1.82) is 0 Å². The Morgan fingerprint density at radius 3 is 2.39 bits per heavy atom. The van der Waals surface area contributed by atoms with Crippen molar-refractivity contribution in [2.24, 2.45) is 0 Å². The van der Waals surface area contributed by atoms with Gasteiger partial charge in [0.2, 0.25) is 0 Å². The highest BCUT2D eigenvalue weighted by molar-refractivity contribution is 5.58. The molecule has 0 unspecified atom stereocenters. The maximum absolute atomic E-state index is 11.9. The third-order valence-electron chi connectivity index (χ3n) is 2.70. The number of hydrogen-bond acceptors (Lipinski definition) is 4. The molecule has 2 aromatic rings. The Morgan fingerprint density at radius 2 is 1.89 bits per heavy atom. The minimum atomic E-state index is -0.222. The van der Waals surface area contributed by atoms with Gasteiger partial charge in [0.25, 0.3) is 5.56 Å². The lowest BCUT2D eigenvalue weighted by Crippen LogP contribution is -2.19. The van der Waals surface area contributed by atoms with Gasteiger partial charge in [0.1, 0.15) is 17.4 Å². The number of benzene rings is 1. The van der Waals surface area contributed by atoms with Crippen molar-refractivity contribution in [1.82, 2.24) is 9.97 Å². The van der Waals surface area contributed by atoms with Crippen LogP contribution in [0.15, 0.2) is 29.1 Å². The Labute approximate surface area is 104 Å². The van der Waals surface area contributed by atoms with E-state index in [-0.39, 0.29) is 23.0 Å². The number of rotatable bonds is 2. The molecule has 0 amide bonds. The molecule has 5 heteroatoms. The quantitative estimate of drug-likeness (QED) is 0.752. The van der Waals surface area contributed by atoms with Crippen LogP contribution in [0.5, 0.6) is 5.75 Å². The summed E-state index contributed by atoms with van der Waals surface area (Å²) < 4.78 is 0. The summed E-state index contributed by atoms with van der Waals surface area (Å²) in [6, 6.07) is 6.40. The smallest absolute Gasteiger partial charge is 0.256 e. The lowest BCUT2D eigenvalue weighted by Gasteiger charge is -2.09. The summed E-state index contributed by atoms with van der Waals surface area (Å²) in [6.45, 7) is 3.78. The van der Waals surface area contributed by atoms with Crippen LogP contribution in [-0.4, -0.2) is 15.1 Å². The second-order valence-electron chi connectivity index (χ2n) is 4.42. The fourth-order valence-corrected chi connectivity index (χ4v) is 1.81. The Morgan fingerprint density at radius 1 is 1.28 bits per heavy atom. The zero-order valence-electron chi connectivity index (χ0n) is 10.3. The van der Waals surface area contributed by atoms with Crippen molar-refractivity contribution in [3.05, 3.63) is 40.2 Å². The van der Waals surface area contributed by atoms with Gasteiger partial charge in [-0.1, -0.05) is 13.8 Å². The first-order chi connectivity index (χ1) is 8.49. The number of nitrogen functional groups attached to an aromatic ring is 1. The van der Waals surface area contributed by atoms with Crippen LogP contribution in [0.3, 0.4) is 0 Å². The van der Waals surface area contributed by atoms with Gasteiger partial charge in [-0.15, -0.1) is 0 Å². The predicted molar refractivity (Wildman–Crippen MR) is 70.5 cm³/mol. The number of phenolic OH excluding ortho intramolecular Hbond substituents is 1. The molecule has 0 saturated carbocycles. The van der Waals surface area contributed by atoms with E-state index in [1.54, 1.807) is 12.1 Å². The summed E-state index contributed by atoms with van der Waals surface area (Å²) in [7, 11) is 0. The topological polar surface area (TPSA) is 92.0 Å². The van der Waals surface area contributed by atoms with Crippen molar-refractivity contribution in [3.8, 4) is 17.1 Å². The summed E-state index contributed by atoms with van der Waals surface area (Å²) >= 11 is 0. The highest BCUT2D eigenvalue weighted by atomic mass is 16.3. The van der Waals surface area contributed by atoms with E-state index in [1.807, 2.05) is 13.8 Å². The van der Waals surface area contributed by atoms with Crippen LogP contribution in [0.4, 0.5) is 5.82 Å². The van der Waals surface area contributed by atoms with Crippen molar-refractivity contribution < 1.29 is 5.11 Å². The van der Waals surface area contributed by atoms with Crippen LogP contribution in [-0.2, 0) is 0 Å². The molecule has 0 aliphatic carbocycles. The molecule has 0 bridgehead atoms. The maximum atomic E-state index is 11.9. The van der Waals surface area contributed by atoms with E-state index in [1.165, 1.54) is 12.1 Å². The molecule has 0 aliphatic rings. The summed E-state index contributed by atoms with van der Waals surface area (Å²) in [5.74, 6) is 0.835. The lowest BCUT2D eigenvalue weighted by atomic mass is 10.1. The molecule has 0 fully saturated rings. The largest absolute Gasteiger partial charge is 0.508 e. The molecule has 0 atom stereocenters. The van der Waals surface area contributed by atoms with Gasteiger partial charge in [0.05, 0.1) is 5.56 Å². The van der Waals surface area contributed by atoms with E-state index in [2.05, 4.69) is 9.97 Å².